The van der Waals surface area contributed by atoms with Gasteiger partial charge in [-0.3, -0.25) is 19.4 Å². The summed E-state index contributed by atoms with van der Waals surface area (Å²) in [5, 5.41) is 0. The van der Waals surface area contributed by atoms with E-state index in [1.165, 1.54) is 12.1 Å². The van der Waals surface area contributed by atoms with Gasteiger partial charge in [0.05, 0.1) is 5.69 Å². The maximum atomic E-state index is 13.0. The molecule has 1 amide bonds. The van der Waals surface area contributed by atoms with Gasteiger partial charge in [0.25, 0.3) is 11.5 Å². The molecule has 148 valence electrons. The summed E-state index contributed by atoms with van der Waals surface area (Å²) in [7, 11) is 3.67. The van der Waals surface area contributed by atoms with Crippen molar-refractivity contribution in [1.82, 2.24) is 14.9 Å². The van der Waals surface area contributed by atoms with Crippen LogP contribution in [-0.4, -0.2) is 48.0 Å². The van der Waals surface area contributed by atoms with E-state index in [0.29, 0.717) is 31.2 Å². The highest BCUT2D eigenvalue weighted by atomic mass is 16.3. The summed E-state index contributed by atoms with van der Waals surface area (Å²) in [6.45, 7) is 2.72. The third-order valence-corrected chi connectivity index (χ3v) is 5.75. The van der Waals surface area contributed by atoms with E-state index in [-0.39, 0.29) is 28.1 Å². The number of rotatable bonds is 2. The Morgan fingerprint density at radius 2 is 2.07 bits per heavy atom. The van der Waals surface area contributed by atoms with Crippen LogP contribution in [0.25, 0.3) is 0 Å². The molecule has 0 aromatic carbocycles. The Kier molecular flexibility index (Phi) is 4.36. The molecular weight excluding hydrogens is 360 g/mol. The maximum Gasteiger partial charge on any atom is 0.289 e. The first-order valence-electron chi connectivity index (χ1n) is 9.51. The molecule has 2 aliphatic rings. The molecule has 0 radical (unpaired) electrons. The summed E-state index contributed by atoms with van der Waals surface area (Å²) in [4.78, 5) is 48.4. The molecule has 1 saturated heterocycles. The molecule has 8 nitrogen and oxygen atoms in total. The number of anilines is 1. The number of likely N-dealkylation sites (tertiary alicyclic amines) is 1. The van der Waals surface area contributed by atoms with Crippen LogP contribution in [0.15, 0.2) is 26.1 Å². The molecule has 2 aromatic heterocycles. The third kappa shape index (κ3) is 3.02. The van der Waals surface area contributed by atoms with Gasteiger partial charge in [-0.1, -0.05) is 0 Å². The predicted octanol–water partition coefficient (Wildman–Crippen LogP) is 1.22. The molecule has 1 unspecified atom stereocenters. The molecule has 2 aromatic rings. The number of aromatic amines is 1. The van der Waals surface area contributed by atoms with E-state index >= 15 is 0 Å². The molecule has 1 N–H and O–H groups in total. The zero-order valence-corrected chi connectivity index (χ0v) is 16.4. The molecule has 1 fully saturated rings. The van der Waals surface area contributed by atoms with Crippen LogP contribution in [0.1, 0.15) is 46.8 Å². The molecule has 0 bridgehead atoms. The van der Waals surface area contributed by atoms with Gasteiger partial charge < -0.3 is 14.2 Å². The lowest BCUT2D eigenvalue weighted by molar-refractivity contribution is 0.0597. The van der Waals surface area contributed by atoms with Gasteiger partial charge in [0, 0.05) is 50.3 Å². The molecule has 8 heteroatoms. The fourth-order valence-corrected chi connectivity index (χ4v) is 4.42. The van der Waals surface area contributed by atoms with Crippen molar-refractivity contribution in [3.05, 3.63) is 55.5 Å². The van der Waals surface area contributed by atoms with Crippen LogP contribution >= 0.6 is 0 Å². The first kappa shape index (κ1) is 18.5. The van der Waals surface area contributed by atoms with E-state index in [4.69, 9.17) is 9.40 Å². The van der Waals surface area contributed by atoms with E-state index in [9.17, 15) is 14.4 Å². The number of amides is 1. The van der Waals surface area contributed by atoms with Crippen molar-refractivity contribution >= 4 is 11.9 Å². The summed E-state index contributed by atoms with van der Waals surface area (Å²) in [5.41, 5.74) is 0.865. The molecular formula is C20H24N4O4. The highest BCUT2D eigenvalue weighted by molar-refractivity contribution is 5.91. The zero-order valence-electron chi connectivity index (χ0n) is 16.4. The summed E-state index contributed by atoms with van der Waals surface area (Å²) < 4.78 is 5.49. The molecule has 3 heterocycles. The number of H-pyrrole nitrogens is 1. The van der Waals surface area contributed by atoms with Crippen molar-refractivity contribution in [2.24, 2.45) is 0 Å². The number of fused-ring (bicyclic) bond motifs is 2. The number of nitrogens with zero attached hydrogens (tertiary/aromatic N) is 3. The van der Waals surface area contributed by atoms with E-state index in [1.54, 1.807) is 16.7 Å². The van der Waals surface area contributed by atoms with Crippen LogP contribution in [0.2, 0.25) is 0 Å². The van der Waals surface area contributed by atoms with Gasteiger partial charge in [0.15, 0.2) is 11.2 Å². The second-order valence-electron chi connectivity index (χ2n) is 7.99. The Balaban J connectivity index is 1.69. The minimum absolute atomic E-state index is 0.0631. The van der Waals surface area contributed by atoms with Crippen molar-refractivity contribution in [1.29, 1.82) is 0 Å². The summed E-state index contributed by atoms with van der Waals surface area (Å²) in [6, 6.07) is 2.60. The van der Waals surface area contributed by atoms with Crippen molar-refractivity contribution in [3.8, 4) is 0 Å². The largest absolute Gasteiger partial charge is 0.456 e. The molecule has 4 rings (SSSR count). The van der Waals surface area contributed by atoms with Crippen LogP contribution in [-0.2, 0) is 11.8 Å². The molecule has 1 atom stereocenters. The second-order valence-corrected chi connectivity index (χ2v) is 7.99. The molecule has 1 spiro atoms. The Bertz CT molecular complexity index is 1050. The number of piperidine rings is 1. The van der Waals surface area contributed by atoms with Gasteiger partial charge in [0.2, 0.25) is 5.95 Å². The topological polar surface area (TPSA) is 99.5 Å². The Labute approximate surface area is 162 Å². The number of nitrogens with one attached hydrogen (secondary N) is 1. The van der Waals surface area contributed by atoms with Crippen molar-refractivity contribution in [2.45, 2.75) is 38.0 Å². The van der Waals surface area contributed by atoms with Gasteiger partial charge >= 0.3 is 0 Å². The first-order chi connectivity index (χ1) is 13.3. The van der Waals surface area contributed by atoms with Crippen molar-refractivity contribution < 1.29 is 9.21 Å². The number of carbonyl (C=O) groups excluding carboxylic acids is 1. The lowest BCUT2D eigenvalue weighted by Gasteiger charge is -2.40. The van der Waals surface area contributed by atoms with Gasteiger partial charge in [-0.15, -0.1) is 0 Å². The average molecular weight is 384 g/mol. The fourth-order valence-electron chi connectivity index (χ4n) is 4.42. The van der Waals surface area contributed by atoms with E-state index in [1.807, 2.05) is 14.1 Å². The Morgan fingerprint density at radius 3 is 2.79 bits per heavy atom. The molecule has 0 saturated carbocycles. The van der Waals surface area contributed by atoms with Gasteiger partial charge in [-0.25, -0.2) is 4.98 Å². The number of hydrogen-bond donors (Lipinski definition) is 1. The van der Waals surface area contributed by atoms with E-state index in [0.717, 1.165) is 30.5 Å². The van der Waals surface area contributed by atoms with Crippen LogP contribution in [0.3, 0.4) is 0 Å². The van der Waals surface area contributed by atoms with Gasteiger partial charge in [-0.05, 0) is 32.6 Å². The Morgan fingerprint density at radius 1 is 1.29 bits per heavy atom. The molecule has 1 aliphatic carbocycles. The summed E-state index contributed by atoms with van der Waals surface area (Å²) >= 11 is 0. The van der Waals surface area contributed by atoms with Gasteiger partial charge in [-0.2, -0.15) is 0 Å². The van der Waals surface area contributed by atoms with E-state index < -0.39 is 0 Å². The summed E-state index contributed by atoms with van der Waals surface area (Å²) in [5.74, 6) is 0.717. The average Bonchev–Trinajstić information content (AvgIpc) is 2.98. The lowest BCUT2D eigenvalue weighted by atomic mass is 9.77. The monoisotopic (exact) mass is 384 g/mol. The van der Waals surface area contributed by atoms with Crippen molar-refractivity contribution in [2.75, 3.05) is 32.1 Å². The minimum Gasteiger partial charge on any atom is -0.456 e. The molecule has 28 heavy (non-hydrogen) atoms. The number of carbonyl (C=O) groups is 1. The number of aromatic nitrogens is 2. The summed E-state index contributed by atoms with van der Waals surface area (Å²) in [6.07, 6.45) is 3.14. The van der Waals surface area contributed by atoms with Crippen LogP contribution in [0, 0.1) is 6.92 Å². The highest BCUT2D eigenvalue weighted by Crippen LogP contribution is 2.43. The first-order valence-corrected chi connectivity index (χ1v) is 9.51. The number of aryl methyl sites for hydroxylation is 1. The fraction of sp³-hybridized carbons (Fsp3) is 0.500. The predicted molar refractivity (Wildman–Crippen MR) is 104 cm³/mol. The van der Waals surface area contributed by atoms with E-state index in [2.05, 4.69) is 4.98 Å². The van der Waals surface area contributed by atoms with Crippen LogP contribution < -0.4 is 15.9 Å². The molecule has 1 aliphatic heterocycles. The van der Waals surface area contributed by atoms with Gasteiger partial charge in [0.1, 0.15) is 5.76 Å². The Hall–Kier alpha value is -2.90. The van der Waals surface area contributed by atoms with Crippen LogP contribution in [0.5, 0.6) is 0 Å². The standard InChI is InChI=1S/C20H24N4O4/c1-12-9-13(25)10-15(28-12)18(27)24-8-4-6-20(11-24)7-5-14-16(20)21-19(23(2)3)22-17(14)26/h9-10H,4-8,11H2,1-3H3,(H,21,22,26). The normalized spacial score (nSPS) is 21.0. The maximum absolute atomic E-state index is 13.0. The second kappa shape index (κ2) is 6.61. The van der Waals surface area contributed by atoms with Crippen molar-refractivity contribution in [3.63, 3.8) is 0 Å². The third-order valence-electron chi connectivity index (χ3n) is 5.75. The quantitative estimate of drug-likeness (QED) is 0.836. The SMILES string of the molecule is Cc1cc(=O)cc(C(=O)N2CCCC3(CCc4c3nc(N(C)C)[nH]c4=O)C2)o1. The van der Waals surface area contributed by atoms with Crippen LogP contribution in [0.4, 0.5) is 5.95 Å². The highest BCUT2D eigenvalue weighted by Gasteiger charge is 2.46. The smallest absolute Gasteiger partial charge is 0.289 e. The minimum atomic E-state index is -0.327. The number of hydrogen-bond acceptors (Lipinski definition) is 6. The zero-order chi connectivity index (χ0) is 20.1. The lowest BCUT2D eigenvalue weighted by Crippen LogP contribution is -2.48.